The Morgan fingerprint density at radius 1 is 1.50 bits per heavy atom. The average Bonchev–Trinajstić information content (AvgIpc) is 2.42. The monoisotopic (exact) mass is 272 g/mol. The van der Waals surface area contributed by atoms with Gasteiger partial charge in [-0.1, -0.05) is 22.9 Å². The van der Waals surface area contributed by atoms with Crippen molar-refractivity contribution in [3.8, 4) is 0 Å². The maximum atomic E-state index is 11.7. The third-order valence-corrected chi connectivity index (χ3v) is 4.39. The van der Waals surface area contributed by atoms with Crippen LogP contribution in [0.4, 0.5) is 0 Å². The summed E-state index contributed by atoms with van der Waals surface area (Å²) >= 11 is 0. The lowest BCUT2D eigenvalue weighted by molar-refractivity contribution is 0.157. The van der Waals surface area contributed by atoms with Crippen LogP contribution in [0.25, 0.3) is 0 Å². The van der Waals surface area contributed by atoms with E-state index in [9.17, 15) is 14.9 Å². The van der Waals surface area contributed by atoms with Crippen LogP contribution < -0.4 is 5.56 Å². The van der Waals surface area contributed by atoms with Gasteiger partial charge in [-0.3, -0.25) is 4.79 Å². The van der Waals surface area contributed by atoms with Crippen molar-refractivity contribution in [2.75, 3.05) is 0 Å². The Balaban J connectivity index is 2.38. The van der Waals surface area contributed by atoms with E-state index in [-0.39, 0.29) is 5.92 Å². The first-order valence-corrected chi connectivity index (χ1v) is 6.66. The summed E-state index contributed by atoms with van der Waals surface area (Å²) < 4.78 is 0.656. The Bertz CT molecular complexity index is 714. The Labute approximate surface area is 116 Å². The quantitative estimate of drug-likeness (QED) is 0.485. The highest BCUT2D eigenvalue weighted by molar-refractivity contribution is 5.49. The van der Waals surface area contributed by atoms with Gasteiger partial charge in [0.05, 0.1) is 5.69 Å². The number of hydrogen-bond acceptors (Lipinski definition) is 4. The molecule has 0 spiro atoms. The fourth-order valence-corrected chi connectivity index (χ4v) is 3.66. The molecular weight excluding hydrogens is 256 g/mol. The number of nitrogens with zero attached hydrogens (tertiary/aromatic N) is 2. The molecule has 20 heavy (non-hydrogen) atoms. The predicted molar refractivity (Wildman–Crippen MR) is 74.7 cm³/mol. The Kier molecular flexibility index (Phi) is 2.67. The number of allylic oxidation sites excluding steroid dienone is 2. The van der Waals surface area contributed by atoms with Crippen LogP contribution in [0.15, 0.2) is 45.4 Å². The van der Waals surface area contributed by atoms with Crippen molar-refractivity contribution in [2.45, 2.75) is 32.2 Å². The first kappa shape index (κ1) is 12.8. The molecule has 5 heteroatoms. The van der Waals surface area contributed by atoms with E-state index < -0.39 is 11.1 Å². The summed E-state index contributed by atoms with van der Waals surface area (Å²) in [5.41, 5.74) is 1.76. The van der Waals surface area contributed by atoms with Crippen LogP contribution in [0.2, 0.25) is 0 Å². The molecule has 0 amide bonds. The zero-order chi connectivity index (χ0) is 14.5. The molecule has 1 N–H and O–H groups in total. The smallest absolute Gasteiger partial charge is 0.283 e. The molecule has 2 atom stereocenters. The standard InChI is InChI=1S/C15H16N2O3/c1-3-11-10-6-9(2)8-15(11,16-19)12-4-5-14(18)17(20)13(12)7-10/h3-6,10,20H,7-8H2,1-2H3/b11-3+/t10-,15+/m0/s1. The molecule has 0 fully saturated rings. The van der Waals surface area contributed by atoms with E-state index in [4.69, 9.17) is 0 Å². The van der Waals surface area contributed by atoms with Crippen molar-refractivity contribution >= 4 is 0 Å². The minimum atomic E-state index is -0.982. The fourth-order valence-electron chi connectivity index (χ4n) is 3.66. The number of aromatic nitrogens is 1. The lowest BCUT2D eigenvalue weighted by atomic mass is 9.63. The van der Waals surface area contributed by atoms with Gasteiger partial charge in [-0.2, -0.15) is 4.73 Å². The highest BCUT2D eigenvalue weighted by Crippen LogP contribution is 2.51. The van der Waals surface area contributed by atoms with Crippen molar-refractivity contribution in [3.63, 3.8) is 0 Å². The molecule has 1 aromatic rings. The third kappa shape index (κ3) is 1.46. The van der Waals surface area contributed by atoms with E-state index in [1.54, 1.807) is 6.07 Å². The van der Waals surface area contributed by atoms with E-state index in [2.05, 4.69) is 11.3 Å². The Morgan fingerprint density at radius 3 is 2.90 bits per heavy atom. The van der Waals surface area contributed by atoms with Crippen LogP contribution in [-0.4, -0.2) is 9.94 Å². The van der Waals surface area contributed by atoms with Crippen LogP contribution in [0.1, 0.15) is 31.5 Å². The third-order valence-electron chi connectivity index (χ3n) is 4.39. The zero-order valence-corrected chi connectivity index (χ0v) is 11.5. The van der Waals surface area contributed by atoms with Gasteiger partial charge in [-0.05, 0) is 25.5 Å². The molecule has 3 rings (SSSR count). The molecule has 0 unspecified atom stereocenters. The molecule has 0 saturated carbocycles. The number of nitroso groups, excluding NO2 is 1. The summed E-state index contributed by atoms with van der Waals surface area (Å²) in [6.45, 7) is 3.88. The molecule has 1 aromatic heterocycles. The van der Waals surface area contributed by atoms with Gasteiger partial charge in [0.1, 0.15) is 0 Å². The first-order valence-electron chi connectivity index (χ1n) is 6.66. The summed E-state index contributed by atoms with van der Waals surface area (Å²) in [5.74, 6) is 0.0131. The molecule has 2 aliphatic rings. The number of rotatable bonds is 1. The van der Waals surface area contributed by atoms with Gasteiger partial charge in [0.2, 0.25) is 0 Å². The minimum Gasteiger partial charge on any atom is -0.425 e. The predicted octanol–water partition coefficient (Wildman–Crippen LogP) is 2.52. The maximum absolute atomic E-state index is 11.7. The summed E-state index contributed by atoms with van der Waals surface area (Å²) in [5, 5.41) is 13.4. The average molecular weight is 272 g/mol. The van der Waals surface area contributed by atoms with Crippen molar-refractivity contribution in [1.82, 2.24) is 4.73 Å². The second-order valence-corrected chi connectivity index (χ2v) is 5.54. The number of hydrogen-bond donors (Lipinski definition) is 1. The van der Waals surface area contributed by atoms with Gasteiger partial charge in [-0.25, -0.2) is 0 Å². The van der Waals surface area contributed by atoms with Gasteiger partial charge in [0, 0.05) is 30.4 Å². The minimum absolute atomic E-state index is 0.0131. The molecule has 1 heterocycles. The van der Waals surface area contributed by atoms with Crippen molar-refractivity contribution in [2.24, 2.45) is 11.1 Å². The lowest BCUT2D eigenvalue weighted by Crippen LogP contribution is -2.42. The van der Waals surface area contributed by atoms with Gasteiger partial charge in [0.25, 0.3) is 5.56 Å². The topological polar surface area (TPSA) is 71.7 Å². The van der Waals surface area contributed by atoms with Gasteiger partial charge in [-0.15, -0.1) is 4.91 Å². The number of fused-ring (bicyclic) bond motifs is 4. The molecule has 5 nitrogen and oxygen atoms in total. The molecule has 0 aliphatic heterocycles. The van der Waals surface area contributed by atoms with E-state index in [0.29, 0.717) is 28.8 Å². The SMILES string of the molecule is C/C=C1\[C@H]2C=C(C)C[C@]1(N=O)c1ccc(=O)n(O)c1C2. The van der Waals surface area contributed by atoms with E-state index >= 15 is 0 Å². The summed E-state index contributed by atoms with van der Waals surface area (Å²) in [6, 6.07) is 2.91. The lowest BCUT2D eigenvalue weighted by Gasteiger charge is -2.42. The second kappa shape index (κ2) is 4.16. The zero-order valence-electron chi connectivity index (χ0n) is 11.5. The first-order chi connectivity index (χ1) is 9.53. The van der Waals surface area contributed by atoms with E-state index in [0.717, 1.165) is 11.1 Å². The van der Waals surface area contributed by atoms with Crippen LogP contribution >= 0.6 is 0 Å². The van der Waals surface area contributed by atoms with Crippen LogP contribution in [0.3, 0.4) is 0 Å². The highest BCUT2D eigenvalue weighted by atomic mass is 16.5. The Hall–Kier alpha value is -2.17. The molecule has 104 valence electrons. The van der Waals surface area contributed by atoms with Crippen LogP contribution in [-0.2, 0) is 12.0 Å². The highest BCUT2D eigenvalue weighted by Gasteiger charge is 2.49. The van der Waals surface area contributed by atoms with Crippen molar-refractivity contribution in [1.29, 1.82) is 0 Å². The van der Waals surface area contributed by atoms with E-state index in [1.165, 1.54) is 6.07 Å². The fraction of sp³-hybridized carbons (Fsp3) is 0.400. The van der Waals surface area contributed by atoms with E-state index in [1.807, 2.05) is 19.9 Å². The summed E-state index contributed by atoms with van der Waals surface area (Å²) in [6.07, 6.45) is 5.04. The van der Waals surface area contributed by atoms with Crippen molar-refractivity contribution < 1.29 is 5.21 Å². The molecule has 0 aromatic carbocycles. The van der Waals surface area contributed by atoms with Crippen molar-refractivity contribution in [3.05, 3.63) is 61.9 Å². The Morgan fingerprint density at radius 2 is 2.25 bits per heavy atom. The van der Waals surface area contributed by atoms with Crippen LogP contribution in [0.5, 0.6) is 0 Å². The van der Waals surface area contributed by atoms with Gasteiger partial charge in [0.15, 0.2) is 5.54 Å². The summed E-state index contributed by atoms with van der Waals surface area (Å²) in [7, 11) is 0. The molecule has 2 bridgehead atoms. The normalized spacial score (nSPS) is 29.8. The largest absolute Gasteiger partial charge is 0.425 e. The van der Waals surface area contributed by atoms with Gasteiger partial charge < -0.3 is 5.21 Å². The molecule has 0 radical (unpaired) electrons. The molecular formula is C15H16N2O3. The molecule has 2 aliphatic carbocycles. The second-order valence-electron chi connectivity index (χ2n) is 5.54. The van der Waals surface area contributed by atoms with Gasteiger partial charge >= 0.3 is 0 Å². The summed E-state index contributed by atoms with van der Waals surface area (Å²) in [4.78, 5) is 23.3. The molecule has 0 saturated heterocycles. The number of pyridine rings is 1. The maximum Gasteiger partial charge on any atom is 0.283 e. The van der Waals surface area contributed by atoms with Crippen LogP contribution in [0, 0.1) is 10.8 Å².